The number of nitrogens with zero attached hydrogens (tertiary/aromatic N) is 1. The first-order chi connectivity index (χ1) is 12.4. The lowest BCUT2D eigenvalue weighted by atomic mass is 9.86. The van der Waals surface area contributed by atoms with Crippen LogP contribution in [0.2, 0.25) is 0 Å². The molecule has 0 unspecified atom stereocenters. The van der Waals surface area contributed by atoms with E-state index >= 15 is 0 Å². The minimum Gasteiger partial charge on any atom is -0.495 e. The van der Waals surface area contributed by atoms with Gasteiger partial charge in [0.05, 0.1) is 12.8 Å². The smallest absolute Gasteiger partial charge is 0.267 e. The molecular weight excluding hydrogens is 326 g/mol. The third-order valence-corrected chi connectivity index (χ3v) is 3.83. The van der Waals surface area contributed by atoms with Gasteiger partial charge in [-0.3, -0.25) is 4.79 Å². The largest absolute Gasteiger partial charge is 0.495 e. The van der Waals surface area contributed by atoms with Crippen molar-refractivity contribution in [3.05, 3.63) is 65.9 Å². The maximum atomic E-state index is 12.4. The molecule has 0 aliphatic rings. The topological polar surface area (TPSA) is 74.1 Å². The predicted octanol–water partition coefficient (Wildman–Crippen LogP) is 4.45. The fourth-order valence-electron chi connectivity index (χ4n) is 2.50. The van der Waals surface area contributed by atoms with E-state index in [0.29, 0.717) is 11.4 Å². The van der Waals surface area contributed by atoms with Gasteiger partial charge in [0.15, 0.2) is 0 Å². The quantitative estimate of drug-likeness (QED) is 0.618. The van der Waals surface area contributed by atoms with Crippen LogP contribution in [0.15, 0.2) is 60.3 Å². The summed E-state index contributed by atoms with van der Waals surface area (Å²) in [5.41, 5.74) is 2.37. The molecule has 0 heterocycles. The lowest BCUT2D eigenvalue weighted by Gasteiger charge is -2.22. The number of anilines is 2. The first-order valence-corrected chi connectivity index (χ1v) is 8.27. The van der Waals surface area contributed by atoms with Gasteiger partial charge in [-0.2, -0.15) is 5.26 Å². The van der Waals surface area contributed by atoms with Crippen molar-refractivity contribution in [2.75, 3.05) is 17.7 Å². The van der Waals surface area contributed by atoms with Crippen LogP contribution in [-0.4, -0.2) is 13.0 Å². The zero-order valence-electron chi connectivity index (χ0n) is 15.5. The van der Waals surface area contributed by atoms with Crippen LogP contribution >= 0.6 is 0 Å². The average molecular weight is 349 g/mol. The van der Waals surface area contributed by atoms with Crippen molar-refractivity contribution < 1.29 is 9.53 Å². The molecule has 2 rings (SSSR count). The average Bonchev–Trinajstić information content (AvgIpc) is 2.62. The molecule has 5 nitrogen and oxygen atoms in total. The van der Waals surface area contributed by atoms with E-state index in [4.69, 9.17) is 4.74 Å². The highest BCUT2D eigenvalue weighted by Gasteiger charge is 2.17. The van der Waals surface area contributed by atoms with Crippen LogP contribution in [-0.2, 0) is 10.2 Å². The highest BCUT2D eigenvalue weighted by Crippen LogP contribution is 2.29. The maximum Gasteiger partial charge on any atom is 0.267 e. The second kappa shape index (κ2) is 8.21. The summed E-state index contributed by atoms with van der Waals surface area (Å²) in [6.07, 6.45) is 1.43. The first-order valence-electron chi connectivity index (χ1n) is 8.27. The summed E-state index contributed by atoms with van der Waals surface area (Å²) in [5.74, 6) is 0.0296. The van der Waals surface area contributed by atoms with Crippen LogP contribution in [0.1, 0.15) is 26.3 Å². The molecule has 26 heavy (non-hydrogen) atoms. The van der Waals surface area contributed by atoms with Crippen molar-refractivity contribution in [2.45, 2.75) is 26.2 Å². The van der Waals surface area contributed by atoms with Crippen molar-refractivity contribution in [2.24, 2.45) is 0 Å². The van der Waals surface area contributed by atoms with Gasteiger partial charge in [-0.15, -0.1) is 0 Å². The number of amides is 1. The number of methoxy groups -OCH3 is 1. The van der Waals surface area contributed by atoms with Gasteiger partial charge in [-0.25, -0.2) is 0 Å². The Morgan fingerprint density at radius 2 is 1.69 bits per heavy atom. The number of nitrogens with one attached hydrogen (secondary N) is 2. The Bertz CT molecular complexity index is 858. The number of ether oxygens (including phenoxy) is 1. The lowest BCUT2D eigenvalue weighted by Crippen LogP contribution is -2.16. The molecule has 5 heteroatoms. The molecule has 0 saturated heterocycles. The minimum absolute atomic E-state index is 0.0281. The van der Waals surface area contributed by atoms with Gasteiger partial charge in [0, 0.05) is 11.9 Å². The third kappa shape index (κ3) is 4.64. The second-order valence-electron chi connectivity index (χ2n) is 6.76. The number of nitriles is 1. The molecule has 2 aromatic rings. The molecule has 0 bridgehead atoms. The normalized spacial score (nSPS) is 11.4. The second-order valence-corrected chi connectivity index (χ2v) is 6.76. The number of rotatable bonds is 5. The molecule has 134 valence electrons. The van der Waals surface area contributed by atoms with Gasteiger partial charge < -0.3 is 15.4 Å². The maximum absolute atomic E-state index is 12.4. The Labute approximate surface area is 154 Å². The van der Waals surface area contributed by atoms with E-state index in [-0.39, 0.29) is 11.0 Å². The number of benzene rings is 2. The van der Waals surface area contributed by atoms with E-state index in [1.165, 1.54) is 13.3 Å². The Morgan fingerprint density at radius 1 is 1.08 bits per heavy atom. The molecule has 1 amide bonds. The molecule has 0 aliphatic carbocycles. The van der Waals surface area contributed by atoms with Gasteiger partial charge >= 0.3 is 0 Å². The number of carbonyl (C=O) groups excluding carboxylic acids is 1. The van der Waals surface area contributed by atoms with Crippen LogP contribution in [0, 0.1) is 11.3 Å². The molecule has 0 aliphatic heterocycles. The summed E-state index contributed by atoms with van der Waals surface area (Å²) in [5, 5.41) is 15.1. The highest BCUT2D eigenvalue weighted by molar-refractivity contribution is 6.07. The van der Waals surface area contributed by atoms with Crippen LogP contribution in [0.25, 0.3) is 0 Å². The third-order valence-electron chi connectivity index (χ3n) is 3.83. The van der Waals surface area contributed by atoms with E-state index in [1.807, 2.05) is 30.3 Å². The summed E-state index contributed by atoms with van der Waals surface area (Å²) >= 11 is 0. The summed E-state index contributed by atoms with van der Waals surface area (Å²) in [6.45, 7) is 6.32. The van der Waals surface area contributed by atoms with E-state index in [2.05, 4.69) is 31.4 Å². The summed E-state index contributed by atoms with van der Waals surface area (Å²) < 4.78 is 5.21. The zero-order valence-corrected chi connectivity index (χ0v) is 15.5. The highest BCUT2D eigenvalue weighted by atomic mass is 16.5. The number of para-hydroxylation sites is 3. The van der Waals surface area contributed by atoms with E-state index in [1.54, 1.807) is 24.3 Å². The minimum atomic E-state index is -0.502. The molecule has 2 N–H and O–H groups in total. The number of hydrogen-bond donors (Lipinski definition) is 2. The van der Waals surface area contributed by atoms with Crippen LogP contribution in [0.4, 0.5) is 11.4 Å². The fraction of sp³-hybridized carbons (Fsp3) is 0.238. The van der Waals surface area contributed by atoms with Crippen LogP contribution in [0.5, 0.6) is 5.75 Å². The number of carbonyl (C=O) groups is 1. The summed E-state index contributed by atoms with van der Waals surface area (Å²) in [6, 6.07) is 16.8. The SMILES string of the molecule is COc1ccccc1NC(=O)/C(C#N)=C\Nc1ccccc1C(C)(C)C. The Kier molecular flexibility index (Phi) is 6.03. The lowest BCUT2D eigenvalue weighted by molar-refractivity contribution is -0.112. The molecular formula is C21H23N3O2. The predicted molar refractivity (Wildman–Crippen MR) is 104 cm³/mol. The molecule has 0 fully saturated rings. The Balaban J connectivity index is 2.21. The molecule has 2 aromatic carbocycles. The van der Waals surface area contributed by atoms with Gasteiger partial charge in [-0.05, 0) is 29.2 Å². The van der Waals surface area contributed by atoms with Crippen LogP contribution < -0.4 is 15.4 Å². The Hall–Kier alpha value is -3.26. The summed E-state index contributed by atoms with van der Waals surface area (Å²) in [4.78, 5) is 12.4. The first kappa shape index (κ1) is 19.1. The Morgan fingerprint density at radius 3 is 2.31 bits per heavy atom. The molecule has 0 aromatic heterocycles. The number of hydrogen-bond acceptors (Lipinski definition) is 4. The van der Waals surface area contributed by atoms with Crippen LogP contribution in [0.3, 0.4) is 0 Å². The fourth-order valence-corrected chi connectivity index (χ4v) is 2.50. The standard InChI is InChI=1S/C21H23N3O2/c1-21(2,3)16-9-5-6-10-17(16)23-14-15(13-22)20(25)24-18-11-7-8-12-19(18)26-4/h5-12,14,23H,1-4H3,(H,24,25)/b15-14-. The van der Waals surface area contributed by atoms with Gasteiger partial charge in [0.25, 0.3) is 5.91 Å². The molecule has 0 atom stereocenters. The van der Waals surface area contributed by atoms with Gasteiger partial charge in [0.1, 0.15) is 17.4 Å². The molecule has 0 saturated carbocycles. The van der Waals surface area contributed by atoms with Gasteiger partial charge in [0.2, 0.25) is 0 Å². The van der Waals surface area contributed by atoms with Crippen molar-refractivity contribution in [3.8, 4) is 11.8 Å². The molecule has 0 radical (unpaired) electrons. The zero-order chi connectivity index (χ0) is 19.2. The van der Waals surface area contributed by atoms with Crippen molar-refractivity contribution in [3.63, 3.8) is 0 Å². The van der Waals surface area contributed by atoms with Crippen molar-refractivity contribution in [1.82, 2.24) is 0 Å². The summed E-state index contributed by atoms with van der Waals surface area (Å²) in [7, 11) is 1.52. The van der Waals surface area contributed by atoms with E-state index < -0.39 is 5.91 Å². The molecule has 0 spiro atoms. The van der Waals surface area contributed by atoms with Crippen molar-refractivity contribution >= 4 is 17.3 Å². The van der Waals surface area contributed by atoms with Crippen molar-refractivity contribution in [1.29, 1.82) is 5.26 Å². The van der Waals surface area contributed by atoms with Gasteiger partial charge in [-0.1, -0.05) is 51.1 Å². The van der Waals surface area contributed by atoms with E-state index in [0.717, 1.165) is 11.3 Å². The monoisotopic (exact) mass is 349 g/mol. The van der Waals surface area contributed by atoms with E-state index in [9.17, 15) is 10.1 Å².